The molecule has 0 saturated carbocycles. The summed E-state index contributed by atoms with van der Waals surface area (Å²) in [5.74, 6) is 0.0685. The summed E-state index contributed by atoms with van der Waals surface area (Å²) in [5.41, 5.74) is 1.24. The van der Waals surface area contributed by atoms with Crippen LogP contribution in [0.1, 0.15) is 16.2 Å². The Hall–Kier alpha value is -2.62. The number of aromatic nitrogens is 1. The Morgan fingerprint density at radius 3 is 2.70 bits per heavy atom. The fraction of sp³-hybridized carbons (Fsp3) is 0.125. The predicted octanol–water partition coefficient (Wildman–Crippen LogP) is 2.79. The first-order chi connectivity index (χ1) is 9.65. The van der Waals surface area contributed by atoms with Gasteiger partial charge in [-0.3, -0.25) is 9.59 Å². The lowest BCUT2D eigenvalue weighted by Crippen LogP contribution is -2.25. The first-order valence-corrected chi connectivity index (χ1v) is 6.33. The number of carbonyl (C=O) groups excluding carboxylic acids is 1. The zero-order chi connectivity index (χ0) is 14.1. The van der Waals surface area contributed by atoms with Gasteiger partial charge in [0.15, 0.2) is 5.76 Å². The number of pyridine rings is 1. The van der Waals surface area contributed by atoms with Crippen molar-refractivity contribution in [1.82, 2.24) is 4.57 Å². The molecule has 2 aromatic heterocycles. The highest BCUT2D eigenvalue weighted by Crippen LogP contribution is 2.19. The van der Waals surface area contributed by atoms with Crippen LogP contribution in [-0.2, 0) is 6.54 Å². The highest BCUT2D eigenvalue weighted by atomic mass is 16.3. The molecule has 1 aromatic carbocycles. The van der Waals surface area contributed by atoms with Crippen molar-refractivity contribution in [3.8, 4) is 0 Å². The molecule has 0 spiro atoms. The third-order valence-corrected chi connectivity index (χ3v) is 3.27. The van der Waals surface area contributed by atoms with Crippen LogP contribution < -0.4 is 5.56 Å². The van der Waals surface area contributed by atoms with Crippen LogP contribution in [0.3, 0.4) is 0 Å². The van der Waals surface area contributed by atoms with Crippen molar-refractivity contribution in [2.24, 2.45) is 0 Å². The minimum Gasteiger partial charge on any atom is -0.453 e. The largest absolute Gasteiger partial charge is 0.453 e. The first-order valence-electron chi connectivity index (χ1n) is 6.33. The van der Waals surface area contributed by atoms with Crippen molar-refractivity contribution in [2.75, 3.05) is 0 Å². The maximum Gasteiger partial charge on any atom is 0.251 e. The molecule has 0 radical (unpaired) electrons. The molecule has 3 rings (SSSR count). The first kappa shape index (κ1) is 12.4. The number of benzene rings is 1. The van der Waals surface area contributed by atoms with Crippen LogP contribution in [0.4, 0.5) is 0 Å². The summed E-state index contributed by atoms with van der Waals surface area (Å²) < 4.78 is 6.96. The van der Waals surface area contributed by atoms with Crippen LogP contribution in [-0.4, -0.2) is 10.4 Å². The van der Waals surface area contributed by atoms with Crippen LogP contribution in [0.25, 0.3) is 11.0 Å². The van der Waals surface area contributed by atoms with Gasteiger partial charge >= 0.3 is 0 Å². The highest BCUT2D eigenvalue weighted by molar-refractivity contribution is 5.97. The topological polar surface area (TPSA) is 52.2 Å². The molecule has 0 aliphatic heterocycles. The zero-order valence-corrected chi connectivity index (χ0v) is 11.0. The van der Waals surface area contributed by atoms with Gasteiger partial charge in [-0.1, -0.05) is 24.3 Å². The molecule has 2 heterocycles. The van der Waals surface area contributed by atoms with Crippen LogP contribution >= 0.6 is 0 Å². The molecule has 0 fully saturated rings. The molecule has 0 amide bonds. The Morgan fingerprint density at radius 1 is 1.15 bits per heavy atom. The maximum atomic E-state index is 12.2. The van der Waals surface area contributed by atoms with Gasteiger partial charge in [0.1, 0.15) is 5.58 Å². The fourth-order valence-corrected chi connectivity index (χ4v) is 2.17. The minimum atomic E-state index is -0.211. The number of hydrogen-bond donors (Lipinski definition) is 0. The molecule has 0 N–H and O–H groups in total. The SMILES string of the molecule is Cc1cccc(=O)n1CC(=O)c1cc2ccccc2o1. The van der Waals surface area contributed by atoms with Crippen molar-refractivity contribution < 1.29 is 9.21 Å². The number of Topliss-reactive ketones (excluding diaryl/α,β-unsaturated/α-hetero) is 1. The molecule has 0 aliphatic rings. The van der Waals surface area contributed by atoms with Crippen LogP contribution in [0.5, 0.6) is 0 Å². The van der Waals surface area contributed by atoms with Crippen molar-refractivity contribution in [3.05, 3.63) is 70.3 Å². The molecule has 0 bridgehead atoms. The Kier molecular flexibility index (Phi) is 2.99. The number of fused-ring (bicyclic) bond motifs is 1. The van der Waals surface area contributed by atoms with Crippen LogP contribution in [0.2, 0.25) is 0 Å². The number of ketones is 1. The normalized spacial score (nSPS) is 10.8. The van der Waals surface area contributed by atoms with Gasteiger partial charge in [0.05, 0.1) is 6.54 Å². The number of furan rings is 1. The maximum absolute atomic E-state index is 12.2. The Morgan fingerprint density at radius 2 is 1.95 bits per heavy atom. The van der Waals surface area contributed by atoms with Gasteiger partial charge in [0.2, 0.25) is 5.78 Å². The molecule has 0 atom stereocenters. The lowest BCUT2D eigenvalue weighted by atomic mass is 10.2. The van der Waals surface area contributed by atoms with Gasteiger partial charge < -0.3 is 8.98 Å². The molecular weight excluding hydrogens is 254 g/mol. The molecule has 4 nitrogen and oxygen atoms in total. The van der Waals surface area contributed by atoms with E-state index in [0.29, 0.717) is 5.58 Å². The molecular formula is C16H13NO3. The van der Waals surface area contributed by atoms with Crippen LogP contribution in [0.15, 0.2) is 57.7 Å². The van der Waals surface area contributed by atoms with Gasteiger partial charge in [0, 0.05) is 17.1 Å². The van der Waals surface area contributed by atoms with E-state index in [9.17, 15) is 9.59 Å². The standard InChI is InChI=1S/C16H13NO3/c1-11-5-4-8-16(19)17(11)10-13(18)15-9-12-6-2-3-7-14(12)20-15/h2-9H,10H2,1H3. The van der Waals surface area contributed by atoms with E-state index in [1.807, 2.05) is 24.3 Å². The molecule has 100 valence electrons. The van der Waals surface area contributed by atoms with E-state index < -0.39 is 0 Å². The van der Waals surface area contributed by atoms with E-state index in [2.05, 4.69) is 0 Å². The molecule has 20 heavy (non-hydrogen) atoms. The van der Waals surface area contributed by atoms with Crippen molar-refractivity contribution in [3.63, 3.8) is 0 Å². The molecule has 4 heteroatoms. The zero-order valence-electron chi connectivity index (χ0n) is 11.0. The summed E-state index contributed by atoms with van der Waals surface area (Å²) in [6.07, 6.45) is 0. The second-order valence-corrected chi connectivity index (χ2v) is 4.66. The lowest BCUT2D eigenvalue weighted by molar-refractivity contribution is 0.0945. The molecule has 3 aromatic rings. The lowest BCUT2D eigenvalue weighted by Gasteiger charge is -2.06. The fourth-order valence-electron chi connectivity index (χ4n) is 2.17. The summed E-state index contributed by atoms with van der Waals surface area (Å²) in [6, 6.07) is 14.1. The molecule has 0 unspecified atom stereocenters. The van der Waals surface area contributed by atoms with Crippen molar-refractivity contribution >= 4 is 16.8 Å². The number of aryl methyl sites for hydroxylation is 1. The number of para-hydroxylation sites is 1. The Bertz CT molecular complexity index is 809. The van der Waals surface area contributed by atoms with E-state index in [0.717, 1.165) is 11.1 Å². The Labute approximate surface area is 115 Å². The van der Waals surface area contributed by atoms with E-state index in [1.165, 1.54) is 10.6 Å². The minimum absolute atomic E-state index is 0.00860. The summed E-state index contributed by atoms with van der Waals surface area (Å²) in [4.78, 5) is 24.0. The van der Waals surface area contributed by atoms with Gasteiger partial charge in [0.25, 0.3) is 5.56 Å². The second-order valence-electron chi connectivity index (χ2n) is 4.66. The number of carbonyl (C=O) groups is 1. The van der Waals surface area contributed by atoms with Crippen molar-refractivity contribution in [2.45, 2.75) is 13.5 Å². The van der Waals surface area contributed by atoms with Gasteiger partial charge in [-0.25, -0.2) is 0 Å². The second kappa shape index (κ2) is 4.81. The van der Waals surface area contributed by atoms with E-state index in [-0.39, 0.29) is 23.6 Å². The van der Waals surface area contributed by atoms with Crippen molar-refractivity contribution in [1.29, 1.82) is 0 Å². The Balaban J connectivity index is 1.95. The third-order valence-electron chi connectivity index (χ3n) is 3.27. The van der Waals surface area contributed by atoms with E-state index in [4.69, 9.17) is 4.42 Å². The van der Waals surface area contributed by atoms with Gasteiger partial charge in [-0.05, 0) is 25.1 Å². The average Bonchev–Trinajstić information content (AvgIpc) is 2.87. The van der Waals surface area contributed by atoms with Gasteiger partial charge in [-0.2, -0.15) is 0 Å². The van der Waals surface area contributed by atoms with Crippen LogP contribution in [0, 0.1) is 6.92 Å². The number of hydrogen-bond acceptors (Lipinski definition) is 3. The average molecular weight is 267 g/mol. The highest BCUT2D eigenvalue weighted by Gasteiger charge is 2.14. The quantitative estimate of drug-likeness (QED) is 0.686. The monoisotopic (exact) mass is 267 g/mol. The van der Waals surface area contributed by atoms with E-state index in [1.54, 1.807) is 25.1 Å². The smallest absolute Gasteiger partial charge is 0.251 e. The predicted molar refractivity (Wildman–Crippen MR) is 76.0 cm³/mol. The third kappa shape index (κ3) is 2.16. The summed E-state index contributed by atoms with van der Waals surface area (Å²) in [5, 5.41) is 0.882. The van der Waals surface area contributed by atoms with E-state index >= 15 is 0 Å². The van der Waals surface area contributed by atoms with Gasteiger partial charge in [-0.15, -0.1) is 0 Å². The summed E-state index contributed by atoms with van der Waals surface area (Å²) in [7, 11) is 0. The number of nitrogens with zero attached hydrogens (tertiary/aromatic N) is 1. The molecule has 0 aliphatic carbocycles. The summed E-state index contributed by atoms with van der Waals surface area (Å²) >= 11 is 0. The number of rotatable bonds is 3. The molecule has 0 saturated heterocycles. The summed E-state index contributed by atoms with van der Waals surface area (Å²) in [6.45, 7) is 1.79.